The molecule has 0 spiro atoms. The number of nitrogens with zero attached hydrogens (tertiary/aromatic N) is 1. The first-order valence-corrected chi connectivity index (χ1v) is 7.11. The fourth-order valence-electron chi connectivity index (χ4n) is 1.79. The van der Waals surface area contributed by atoms with E-state index in [1.54, 1.807) is 4.90 Å². The summed E-state index contributed by atoms with van der Waals surface area (Å²) >= 11 is 0. The maximum absolute atomic E-state index is 12.3. The van der Waals surface area contributed by atoms with Crippen LogP contribution in [0.15, 0.2) is 30.3 Å². The zero-order valence-corrected chi connectivity index (χ0v) is 12.7. The largest absolute Gasteiger partial charge is 0.345 e. The van der Waals surface area contributed by atoms with Crippen LogP contribution in [-0.2, 0) is 16.1 Å². The van der Waals surface area contributed by atoms with Crippen molar-refractivity contribution in [1.29, 1.82) is 0 Å². The first-order valence-electron chi connectivity index (χ1n) is 7.11. The highest BCUT2D eigenvalue weighted by atomic mass is 16.2. The molecular weight excluding hydrogens is 252 g/mol. The molecule has 0 aliphatic rings. The van der Waals surface area contributed by atoms with Crippen LogP contribution in [0.1, 0.15) is 39.7 Å². The van der Waals surface area contributed by atoms with Gasteiger partial charge in [0, 0.05) is 18.6 Å². The Hall–Kier alpha value is -1.84. The normalized spacial score (nSPS) is 12.1. The molecule has 1 unspecified atom stereocenters. The van der Waals surface area contributed by atoms with Crippen LogP contribution >= 0.6 is 0 Å². The zero-order chi connectivity index (χ0) is 15.1. The molecule has 4 nitrogen and oxygen atoms in total. The molecule has 0 heterocycles. The summed E-state index contributed by atoms with van der Waals surface area (Å²) in [6.45, 7) is 8.14. The van der Waals surface area contributed by atoms with Crippen molar-refractivity contribution in [1.82, 2.24) is 10.2 Å². The van der Waals surface area contributed by atoms with Gasteiger partial charge < -0.3 is 10.2 Å². The highest BCUT2D eigenvalue weighted by Crippen LogP contribution is 2.09. The summed E-state index contributed by atoms with van der Waals surface area (Å²) in [4.78, 5) is 25.8. The molecule has 0 aromatic heterocycles. The van der Waals surface area contributed by atoms with E-state index in [0.29, 0.717) is 6.54 Å². The number of hydrogen-bond acceptors (Lipinski definition) is 2. The number of carbonyl (C=O) groups excluding carboxylic acids is 2. The summed E-state index contributed by atoms with van der Waals surface area (Å²) in [6.07, 6.45) is 0.805. The standard InChI is InChI=1S/C16H24N2O2/c1-5-13(4)17-15(19)16(20)18(12(2)3)11-14-9-7-6-8-10-14/h6-10,12-13H,5,11H2,1-4H3,(H,17,19). The van der Waals surface area contributed by atoms with Gasteiger partial charge in [0.2, 0.25) is 0 Å². The third-order valence-electron chi connectivity index (χ3n) is 3.26. The van der Waals surface area contributed by atoms with E-state index in [1.807, 2.05) is 58.0 Å². The van der Waals surface area contributed by atoms with Crippen LogP contribution in [0.5, 0.6) is 0 Å². The second kappa shape index (κ2) is 7.68. The Morgan fingerprint density at radius 1 is 1.15 bits per heavy atom. The highest BCUT2D eigenvalue weighted by Gasteiger charge is 2.24. The molecule has 20 heavy (non-hydrogen) atoms. The van der Waals surface area contributed by atoms with Crippen LogP contribution in [0.4, 0.5) is 0 Å². The van der Waals surface area contributed by atoms with E-state index in [-0.39, 0.29) is 12.1 Å². The van der Waals surface area contributed by atoms with Gasteiger partial charge in [0.05, 0.1) is 0 Å². The van der Waals surface area contributed by atoms with E-state index < -0.39 is 11.8 Å². The molecule has 0 saturated carbocycles. The predicted molar refractivity (Wildman–Crippen MR) is 80.0 cm³/mol. The van der Waals surface area contributed by atoms with Gasteiger partial charge in [-0.05, 0) is 32.8 Å². The Kier molecular flexibility index (Phi) is 6.22. The van der Waals surface area contributed by atoms with Crippen LogP contribution in [0.3, 0.4) is 0 Å². The Labute approximate surface area is 121 Å². The van der Waals surface area contributed by atoms with E-state index in [9.17, 15) is 9.59 Å². The molecule has 4 heteroatoms. The van der Waals surface area contributed by atoms with Gasteiger partial charge >= 0.3 is 11.8 Å². The quantitative estimate of drug-likeness (QED) is 0.839. The molecule has 1 rings (SSSR count). The third kappa shape index (κ3) is 4.68. The van der Waals surface area contributed by atoms with Crippen molar-refractivity contribution < 1.29 is 9.59 Å². The Bertz CT molecular complexity index is 443. The highest BCUT2D eigenvalue weighted by molar-refractivity contribution is 6.35. The number of hydrogen-bond donors (Lipinski definition) is 1. The number of rotatable bonds is 5. The summed E-state index contributed by atoms with van der Waals surface area (Å²) in [6, 6.07) is 9.68. The lowest BCUT2D eigenvalue weighted by Gasteiger charge is -2.26. The number of benzene rings is 1. The van der Waals surface area contributed by atoms with Crippen molar-refractivity contribution in [3.63, 3.8) is 0 Å². The van der Waals surface area contributed by atoms with Crippen LogP contribution in [0.25, 0.3) is 0 Å². The molecule has 1 atom stereocenters. The van der Waals surface area contributed by atoms with E-state index in [4.69, 9.17) is 0 Å². The van der Waals surface area contributed by atoms with Crippen molar-refractivity contribution in [2.24, 2.45) is 0 Å². The average molecular weight is 276 g/mol. The summed E-state index contributed by atoms with van der Waals surface area (Å²) in [7, 11) is 0. The SMILES string of the molecule is CCC(C)NC(=O)C(=O)N(Cc1ccccc1)C(C)C. The van der Waals surface area contributed by atoms with Gasteiger partial charge in [0.1, 0.15) is 0 Å². The monoisotopic (exact) mass is 276 g/mol. The van der Waals surface area contributed by atoms with E-state index >= 15 is 0 Å². The van der Waals surface area contributed by atoms with Gasteiger partial charge in [-0.1, -0.05) is 37.3 Å². The van der Waals surface area contributed by atoms with Gasteiger partial charge in [-0.3, -0.25) is 9.59 Å². The maximum atomic E-state index is 12.3. The third-order valence-corrected chi connectivity index (χ3v) is 3.26. The molecule has 110 valence electrons. The molecule has 0 bridgehead atoms. The first kappa shape index (κ1) is 16.2. The zero-order valence-electron chi connectivity index (χ0n) is 12.7. The lowest BCUT2D eigenvalue weighted by molar-refractivity contribution is -0.147. The minimum Gasteiger partial charge on any atom is -0.345 e. The summed E-state index contributed by atoms with van der Waals surface area (Å²) in [5.41, 5.74) is 1.02. The van der Waals surface area contributed by atoms with Crippen LogP contribution in [0, 0.1) is 0 Å². The fraction of sp³-hybridized carbons (Fsp3) is 0.500. The molecule has 1 N–H and O–H groups in total. The van der Waals surface area contributed by atoms with Crippen LogP contribution < -0.4 is 5.32 Å². The van der Waals surface area contributed by atoms with Gasteiger partial charge in [-0.25, -0.2) is 0 Å². The van der Waals surface area contributed by atoms with E-state index in [0.717, 1.165) is 12.0 Å². The number of amides is 2. The molecule has 0 aliphatic carbocycles. The number of carbonyl (C=O) groups is 2. The van der Waals surface area contributed by atoms with Crippen LogP contribution in [0.2, 0.25) is 0 Å². The number of nitrogens with one attached hydrogen (secondary N) is 1. The summed E-state index contributed by atoms with van der Waals surface area (Å²) in [5, 5.41) is 2.72. The van der Waals surface area contributed by atoms with Crippen LogP contribution in [-0.4, -0.2) is 28.8 Å². The Balaban J connectivity index is 2.75. The van der Waals surface area contributed by atoms with E-state index in [1.165, 1.54) is 0 Å². The molecule has 0 saturated heterocycles. The topological polar surface area (TPSA) is 49.4 Å². The predicted octanol–water partition coefficient (Wildman–Crippen LogP) is 2.34. The van der Waals surface area contributed by atoms with Gasteiger partial charge in [0.25, 0.3) is 0 Å². The molecule has 0 fully saturated rings. The van der Waals surface area contributed by atoms with Crippen molar-refractivity contribution in [3.8, 4) is 0 Å². The average Bonchev–Trinajstić information content (AvgIpc) is 2.44. The summed E-state index contributed by atoms with van der Waals surface area (Å²) in [5.74, 6) is -0.992. The lowest BCUT2D eigenvalue weighted by Crippen LogP contribution is -2.47. The van der Waals surface area contributed by atoms with Crippen molar-refractivity contribution in [3.05, 3.63) is 35.9 Å². The second-order valence-electron chi connectivity index (χ2n) is 5.30. The van der Waals surface area contributed by atoms with Gasteiger partial charge in [-0.2, -0.15) is 0 Å². The molecule has 2 amide bonds. The molecule has 1 aromatic carbocycles. The maximum Gasteiger partial charge on any atom is 0.312 e. The van der Waals surface area contributed by atoms with Crippen molar-refractivity contribution in [2.75, 3.05) is 0 Å². The van der Waals surface area contributed by atoms with Gasteiger partial charge in [0.15, 0.2) is 0 Å². The smallest absolute Gasteiger partial charge is 0.312 e. The van der Waals surface area contributed by atoms with Gasteiger partial charge in [-0.15, -0.1) is 0 Å². The van der Waals surface area contributed by atoms with Crippen molar-refractivity contribution in [2.45, 2.75) is 52.7 Å². The lowest BCUT2D eigenvalue weighted by atomic mass is 10.2. The Morgan fingerprint density at radius 2 is 1.75 bits per heavy atom. The molecular formula is C16H24N2O2. The summed E-state index contributed by atoms with van der Waals surface area (Å²) < 4.78 is 0. The minimum atomic E-state index is -0.524. The molecule has 1 aromatic rings. The molecule has 0 aliphatic heterocycles. The first-order chi connectivity index (χ1) is 9.45. The Morgan fingerprint density at radius 3 is 2.25 bits per heavy atom. The second-order valence-corrected chi connectivity index (χ2v) is 5.30. The molecule has 0 radical (unpaired) electrons. The van der Waals surface area contributed by atoms with E-state index in [2.05, 4.69) is 5.32 Å². The minimum absolute atomic E-state index is 0.0113. The fourth-order valence-corrected chi connectivity index (χ4v) is 1.79. The van der Waals surface area contributed by atoms with Crippen molar-refractivity contribution >= 4 is 11.8 Å².